The van der Waals surface area contributed by atoms with Crippen LogP contribution in [0, 0.1) is 0 Å². The average Bonchev–Trinajstić information content (AvgIpc) is 2.92. The van der Waals surface area contributed by atoms with Crippen molar-refractivity contribution in [2.45, 2.75) is 60.2 Å². The smallest absolute Gasteiger partial charge is 0.326 e. The highest BCUT2D eigenvalue weighted by atomic mass is 32.2. The van der Waals surface area contributed by atoms with Gasteiger partial charge in [0.25, 0.3) is 0 Å². The molecule has 2 aliphatic rings. The Bertz CT molecular complexity index is 464. The van der Waals surface area contributed by atoms with E-state index >= 15 is 0 Å². The van der Waals surface area contributed by atoms with Gasteiger partial charge in [-0.1, -0.05) is 11.8 Å². The molecule has 110 valence electrons. The van der Waals surface area contributed by atoms with E-state index in [9.17, 15) is 4.79 Å². The van der Waals surface area contributed by atoms with Gasteiger partial charge in [0.2, 0.25) is 0 Å². The molecule has 3 rings (SSSR count). The zero-order valence-corrected chi connectivity index (χ0v) is 13.1. The number of hydrogen-bond acceptors (Lipinski definition) is 7. The predicted octanol–water partition coefficient (Wildman–Crippen LogP) is 2.24. The second kappa shape index (κ2) is 5.99. The normalized spacial score (nSPS) is 29.6. The second-order valence-corrected chi connectivity index (χ2v) is 7.74. The van der Waals surface area contributed by atoms with Crippen LogP contribution in [0.15, 0.2) is 10.7 Å². The molecule has 0 bridgehead atoms. The van der Waals surface area contributed by atoms with Crippen molar-refractivity contribution in [3.63, 3.8) is 0 Å². The van der Waals surface area contributed by atoms with Crippen molar-refractivity contribution in [2.24, 2.45) is 0 Å². The van der Waals surface area contributed by atoms with Gasteiger partial charge in [0.1, 0.15) is 11.9 Å². The Hall–Kier alpha value is -0.660. The number of aromatic nitrogens is 2. The summed E-state index contributed by atoms with van der Waals surface area (Å²) < 4.78 is 10.3. The van der Waals surface area contributed by atoms with Crippen molar-refractivity contribution in [1.82, 2.24) is 14.7 Å². The van der Waals surface area contributed by atoms with Crippen molar-refractivity contribution in [2.75, 3.05) is 6.61 Å². The van der Waals surface area contributed by atoms with Gasteiger partial charge in [-0.2, -0.15) is 4.37 Å². The number of carbonyl (C=O) groups is 1. The van der Waals surface area contributed by atoms with Crippen LogP contribution in [0.4, 0.5) is 0 Å². The van der Waals surface area contributed by atoms with Crippen LogP contribution < -0.4 is 5.32 Å². The third-order valence-electron chi connectivity index (χ3n) is 3.80. The van der Waals surface area contributed by atoms with E-state index in [-0.39, 0.29) is 5.97 Å². The van der Waals surface area contributed by atoms with Crippen molar-refractivity contribution in [3.8, 4) is 0 Å². The molecule has 20 heavy (non-hydrogen) atoms. The van der Waals surface area contributed by atoms with E-state index in [4.69, 9.17) is 4.74 Å². The van der Waals surface area contributed by atoms with Crippen LogP contribution in [-0.2, 0) is 9.53 Å². The molecule has 1 aromatic heterocycles. The third-order valence-corrected chi connectivity index (χ3v) is 5.82. The number of nitrogens with one attached hydrogen (secondary N) is 1. The summed E-state index contributed by atoms with van der Waals surface area (Å²) >= 11 is 3.16. The molecule has 2 saturated carbocycles. The Kier molecular flexibility index (Phi) is 4.28. The monoisotopic (exact) mass is 313 g/mol. The number of esters is 1. The minimum atomic E-state index is -0.473. The summed E-state index contributed by atoms with van der Waals surface area (Å²) in [6.07, 6.45) is 6.64. The molecule has 1 aromatic rings. The maximum atomic E-state index is 12.4. The second-order valence-electron chi connectivity index (χ2n) is 5.41. The Labute approximate surface area is 127 Å². The largest absolute Gasteiger partial charge is 0.465 e. The van der Waals surface area contributed by atoms with Crippen molar-refractivity contribution in [3.05, 3.63) is 6.33 Å². The molecule has 0 radical (unpaired) electrons. The first kappa shape index (κ1) is 14.3. The quantitative estimate of drug-likeness (QED) is 0.813. The lowest BCUT2D eigenvalue weighted by molar-refractivity contribution is -0.151. The average molecular weight is 313 g/mol. The topological polar surface area (TPSA) is 64.1 Å². The molecule has 5 nitrogen and oxygen atoms in total. The van der Waals surface area contributed by atoms with Crippen LogP contribution in [0.1, 0.15) is 39.0 Å². The van der Waals surface area contributed by atoms with Crippen LogP contribution >= 0.6 is 23.3 Å². The summed E-state index contributed by atoms with van der Waals surface area (Å²) in [6.45, 7) is 2.31. The number of rotatable bonds is 6. The van der Waals surface area contributed by atoms with E-state index in [0.29, 0.717) is 17.9 Å². The molecule has 2 atom stereocenters. The summed E-state index contributed by atoms with van der Waals surface area (Å²) in [6, 6.07) is 0.504. The van der Waals surface area contributed by atoms with Crippen LogP contribution in [0.25, 0.3) is 0 Å². The number of thioether (sulfide) groups is 1. The lowest BCUT2D eigenvalue weighted by Crippen LogP contribution is -2.52. The first-order valence-corrected chi connectivity index (χ1v) is 8.75. The summed E-state index contributed by atoms with van der Waals surface area (Å²) in [5.41, 5.74) is -0.473. The Balaban J connectivity index is 1.66. The van der Waals surface area contributed by atoms with E-state index in [1.807, 2.05) is 6.92 Å². The van der Waals surface area contributed by atoms with E-state index in [1.165, 1.54) is 24.4 Å². The molecule has 0 spiro atoms. The van der Waals surface area contributed by atoms with Gasteiger partial charge in [-0.3, -0.25) is 10.1 Å². The minimum absolute atomic E-state index is 0.0766. The van der Waals surface area contributed by atoms with Crippen LogP contribution in [0.2, 0.25) is 0 Å². The first-order chi connectivity index (χ1) is 9.72. The molecular formula is C13H19N3O2S2. The highest BCUT2D eigenvalue weighted by molar-refractivity contribution is 8.01. The van der Waals surface area contributed by atoms with Crippen molar-refractivity contribution >= 4 is 29.3 Å². The molecule has 2 unspecified atom stereocenters. The summed E-state index contributed by atoms with van der Waals surface area (Å²) in [5, 5.41) is 3.96. The highest BCUT2D eigenvalue weighted by Crippen LogP contribution is 2.42. The summed E-state index contributed by atoms with van der Waals surface area (Å²) in [7, 11) is 0. The highest BCUT2D eigenvalue weighted by Gasteiger charge is 2.49. The third kappa shape index (κ3) is 3.15. The molecular weight excluding hydrogens is 294 g/mol. The predicted molar refractivity (Wildman–Crippen MR) is 78.9 cm³/mol. The van der Waals surface area contributed by atoms with Crippen LogP contribution in [0.3, 0.4) is 0 Å². The van der Waals surface area contributed by atoms with Gasteiger partial charge in [0, 0.05) is 11.3 Å². The van der Waals surface area contributed by atoms with Gasteiger partial charge in [-0.25, -0.2) is 4.98 Å². The molecule has 2 aliphatic carbocycles. The van der Waals surface area contributed by atoms with Crippen molar-refractivity contribution in [1.29, 1.82) is 0 Å². The number of nitrogens with zero attached hydrogens (tertiary/aromatic N) is 2. The molecule has 7 heteroatoms. The van der Waals surface area contributed by atoms with E-state index in [0.717, 1.165) is 23.6 Å². The van der Waals surface area contributed by atoms with E-state index in [1.54, 1.807) is 18.1 Å². The van der Waals surface area contributed by atoms with Crippen LogP contribution in [-0.4, -0.2) is 38.8 Å². The number of ether oxygens (including phenoxy) is 1. The molecule has 0 saturated heterocycles. The van der Waals surface area contributed by atoms with E-state index in [2.05, 4.69) is 14.7 Å². The lowest BCUT2D eigenvalue weighted by atomic mass is 9.97. The zero-order chi connectivity index (χ0) is 14.0. The van der Waals surface area contributed by atoms with Gasteiger partial charge in [0.05, 0.1) is 6.61 Å². The minimum Gasteiger partial charge on any atom is -0.465 e. The lowest BCUT2D eigenvalue weighted by Gasteiger charge is -2.28. The Morgan fingerprint density at radius 2 is 2.45 bits per heavy atom. The summed E-state index contributed by atoms with van der Waals surface area (Å²) in [5.74, 6) is -0.0766. The van der Waals surface area contributed by atoms with Crippen molar-refractivity contribution < 1.29 is 9.53 Å². The van der Waals surface area contributed by atoms with Gasteiger partial charge in [-0.05, 0) is 50.6 Å². The molecule has 0 amide bonds. The molecule has 0 aliphatic heterocycles. The SMILES string of the molecule is CCOC(=O)C1(NC2CC2)CCC(Sc2ncns2)C1. The van der Waals surface area contributed by atoms with E-state index < -0.39 is 5.54 Å². The van der Waals surface area contributed by atoms with Gasteiger partial charge >= 0.3 is 5.97 Å². The maximum absolute atomic E-state index is 12.4. The molecule has 2 fully saturated rings. The van der Waals surface area contributed by atoms with Gasteiger partial charge in [0.15, 0.2) is 4.34 Å². The maximum Gasteiger partial charge on any atom is 0.326 e. The molecule has 1 heterocycles. The molecule has 0 aromatic carbocycles. The van der Waals surface area contributed by atoms with Gasteiger partial charge in [-0.15, -0.1) is 0 Å². The number of hydrogen-bond donors (Lipinski definition) is 1. The fourth-order valence-electron chi connectivity index (χ4n) is 2.72. The Morgan fingerprint density at radius 3 is 3.10 bits per heavy atom. The van der Waals surface area contributed by atoms with Gasteiger partial charge < -0.3 is 4.74 Å². The fraction of sp³-hybridized carbons (Fsp3) is 0.769. The Morgan fingerprint density at radius 1 is 1.60 bits per heavy atom. The first-order valence-electron chi connectivity index (χ1n) is 7.10. The standard InChI is InChI=1S/C13H19N3O2S2/c1-2-18-11(17)13(16-9-3-4-9)6-5-10(7-13)19-12-14-8-15-20-12/h8-10,16H,2-7H2,1H3. The number of carbonyl (C=O) groups excluding carboxylic acids is 1. The summed E-state index contributed by atoms with van der Waals surface area (Å²) in [4.78, 5) is 16.6. The fourth-order valence-corrected chi connectivity index (χ4v) is 4.71. The molecule has 1 N–H and O–H groups in total. The van der Waals surface area contributed by atoms with Crippen LogP contribution in [0.5, 0.6) is 0 Å². The zero-order valence-electron chi connectivity index (χ0n) is 11.5.